The highest BCUT2D eigenvalue weighted by Crippen LogP contribution is 2.17. The van der Waals surface area contributed by atoms with Crippen molar-refractivity contribution in [3.8, 4) is 5.75 Å². The Morgan fingerprint density at radius 3 is 2.75 bits per heavy atom. The number of hydrogen-bond acceptors (Lipinski definition) is 2. The van der Waals surface area contributed by atoms with Crippen molar-refractivity contribution in [1.82, 2.24) is 9.88 Å². The van der Waals surface area contributed by atoms with Crippen LogP contribution >= 0.6 is 11.6 Å². The van der Waals surface area contributed by atoms with Crippen molar-refractivity contribution in [2.24, 2.45) is 0 Å². The number of ether oxygens (including phenoxy) is 1. The zero-order chi connectivity index (χ0) is 16.9. The van der Waals surface area contributed by atoms with Crippen molar-refractivity contribution in [3.05, 3.63) is 65.3 Å². The number of aromatic nitrogens is 1. The van der Waals surface area contributed by atoms with Crippen LogP contribution in [0.2, 0.25) is 5.02 Å². The minimum Gasteiger partial charge on any atom is -0.494 e. The Hall–Kier alpha value is -2.46. The van der Waals surface area contributed by atoms with Gasteiger partial charge in [0.2, 0.25) is 0 Å². The van der Waals surface area contributed by atoms with Gasteiger partial charge in [-0.2, -0.15) is 0 Å². The molecule has 1 heterocycles. The Morgan fingerprint density at radius 1 is 1.17 bits per heavy atom. The second-order valence-corrected chi connectivity index (χ2v) is 6.10. The molecule has 3 rings (SSSR count). The van der Waals surface area contributed by atoms with Crippen LogP contribution in [0.1, 0.15) is 16.8 Å². The number of fused-ring (bicyclic) bond motifs is 1. The monoisotopic (exact) mass is 342 g/mol. The smallest absolute Gasteiger partial charge is 0.253 e. The Bertz CT molecular complexity index is 827. The van der Waals surface area contributed by atoms with Gasteiger partial charge in [0.05, 0.1) is 6.61 Å². The summed E-state index contributed by atoms with van der Waals surface area (Å²) in [6, 6.07) is 15.0. The number of amides is 1. The summed E-state index contributed by atoms with van der Waals surface area (Å²) in [5.74, 6) is 0.795. The Labute approximate surface area is 146 Å². The van der Waals surface area contributed by atoms with Gasteiger partial charge in [-0.3, -0.25) is 4.79 Å². The molecule has 0 atom stereocenters. The molecule has 0 radical (unpaired) electrons. The maximum Gasteiger partial charge on any atom is 0.253 e. The highest BCUT2D eigenvalue weighted by atomic mass is 35.5. The molecule has 0 fully saturated rings. The van der Waals surface area contributed by atoms with Gasteiger partial charge < -0.3 is 14.6 Å². The summed E-state index contributed by atoms with van der Waals surface area (Å²) < 4.78 is 5.64. The molecule has 0 bridgehead atoms. The number of benzene rings is 2. The normalized spacial score (nSPS) is 10.8. The summed E-state index contributed by atoms with van der Waals surface area (Å²) in [4.78, 5) is 17.3. The summed E-state index contributed by atoms with van der Waals surface area (Å²) >= 11 is 5.83. The summed E-state index contributed by atoms with van der Waals surface area (Å²) in [6.07, 6.45) is 2.63. The number of carbonyl (C=O) groups excluding carboxylic acids is 1. The fraction of sp³-hybridized carbons (Fsp3) is 0.211. The SMILES string of the molecule is CN(CCCOc1ccc(Cl)cc1)C(=O)c1ccc2cc[nH]c2c1. The molecule has 0 unspecified atom stereocenters. The van der Waals surface area contributed by atoms with Crippen LogP contribution in [0, 0.1) is 0 Å². The number of aromatic amines is 1. The van der Waals surface area contributed by atoms with Crippen molar-refractivity contribution in [1.29, 1.82) is 0 Å². The topological polar surface area (TPSA) is 45.3 Å². The molecule has 0 aliphatic rings. The fourth-order valence-corrected chi connectivity index (χ4v) is 2.65. The lowest BCUT2D eigenvalue weighted by atomic mass is 10.1. The van der Waals surface area contributed by atoms with Gasteiger partial charge in [0.1, 0.15) is 5.75 Å². The van der Waals surface area contributed by atoms with Crippen molar-refractivity contribution in [2.75, 3.05) is 20.2 Å². The van der Waals surface area contributed by atoms with Crippen molar-refractivity contribution in [3.63, 3.8) is 0 Å². The lowest BCUT2D eigenvalue weighted by Gasteiger charge is -2.17. The van der Waals surface area contributed by atoms with E-state index in [0.717, 1.165) is 23.1 Å². The van der Waals surface area contributed by atoms with Gasteiger partial charge >= 0.3 is 0 Å². The van der Waals surface area contributed by atoms with Gasteiger partial charge in [-0.05, 0) is 54.3 Å². The van der Waals surface area contributed by atoms with E-state index in [4.69, 9.17) is 16.3 Å². The Balaban J connectivity index is 1.49. The number of carbonyl (C=O) groups is 1. The standard InChI is InChI=1S/C19H19ClN2O2/c1-22(11-2-12-24-17-7-5-16(20)6-8-17)19(23)15-4-3-14-9-10-21-18(14)13-15/h3-10,13,21H,2,11-12H2,1H3. The second-order valence-electron chi connectivity index (χ2n) is 5.66. The van der Waals surface area contributed by atoms with Crippen LogP contribution in [0.25, 0.3) is 10.9 Å². The third-order valence-electron chi connectivity index (χ3n) is 3.87. The molecule has 5 heteroatoms. The van der Waals surface area contributed by atoms with Crippen molar-refractivity contribution >= 4 is 28.4 Å². The van der Waals surface area contributed by atoms with E-state index in [2.05, 4.69) is 4.98 Å². The third kappa shape index (κ3) is 3.89. The van der Waals surface area contributed by atoms with Gasteiger partial charge in [0.15, 0.2) is 0 Å². The third-order valence-corrected chi connectivity index (χ3v) is 4.12. The zero-order valence-corrected chi connectivity index (χ0v) is 14.2. The van der Waals surface area contributed by atoms with E-state index >= 15 is 0 Å². The first-order valence-electron chi connectivity index (χ1n) is 7.84. The van der Waals surface area contributed by atoms with E-state index in [9.17, 15) is 4.79 Å². The molecule has 2 aromatic carbocycles. The molecule has 0 spiro atoms. The number of nitrogens with zero attached hydrogens (tertiary/aromatic N) is 1. The molecule has 0 saturated carbocycles. The number of nitrogens with one attached hydrogen (secondary N) is 1. The summed E-state index contributed by atoms with van der Waals surface area (Å²) in [5.41, 5.74) is 1.66. The molecule has 3 aromatic rings. The van der Waals surface area contributed by atoms with E-state index in [1.54, 1.807) is 17.0 Å². The van der Waals surface area contributed by atoms with Crippen LogP contribution in [0.3, 0.4) is 0 Å². The predicted molar refractivity (Wildman–Crippen MR) is 96.8 cm³/mol. The second kappa shape index (κ2) is 7.41. The number of hydrogen-bond donors (Lipinski definition) is 1. The van der Waals surface area contributed by atoms with Crippen molar-refractivity contribution in [2.45, 2.75) is 6.42 Å². The number of H-pyrrole nitrogens is 1. The largest absolute Gasteiger partial charge is 0.494 e. The van der Waals surface area contributed by atoms with Crippen LogP contribution in [-0.2, 0) is 0 Å². The highest BCUT2D eigenvalue weighted by Gasteiger charge is 2.12. The average Bonchev–Trinajstić information content (AvgIpc) is 3.07. The van der Waals surface area contributed by atoms with Crippen LogP contribution in [-0.4, -0.2) is 36.0 Å². The Morgan fingerprint density at radius 2 is 1.96 bits per heavy atom. The van der Waals surface area contributed by atoms with Crippen molar-refractivity contribution < 1.29 is 9.53 Å². The van der Waals surface area contributed by atoms with E-state index in [0.29, 0.717) is 23.7 Å². The minimum absolute atomic E-state index is 0.0120. The van der Waals surface area contributed by atoms with Crippen LogP contribution in [0.15, 0.2) is 54.7 Å². The van der Waals surface area contributed by atoms with Gasteiger partial charge in [0, 0.05) is 35.9 Å². The molecule has 1 aromatic heterocycles. The van der Waals surface area contributed by atoms with Gasteiger partial charge in [-0.25, -0.2) is 0 Å². The average molecular weight is 343 g/mol. The summed E-state index contributed by atoms with van der Waals surface area (Å²) in [7, 11) is 1.81. The van der Waals surface area contributed by atoms with E-state index in [-0.39, 0.29) is 5.91 Å². The maximum absolute atomic E-state index is 12.5. The first-order chi connectivity index (χ1) is 11.6. The Kier molecular flexibility index (Phi) is 5.06. The van der Waals surface area contributed by atoms with Crippen LogP contribution in [0.4, 0.5) is 0 Å². The zero-order valence-electron chi connectivity index (χ0n) is 13.5. The van der Waals surface area contributed by atoms with Crippen LogP contribution in [0.5, 0.6) is 5.75 Å². The van der Waals surface area contributed by atoms with Gasteiger partial charge in [-0.15, -0.1) is 0 Å². The fourth-order valence-electron chi connectivity index (χ4n) is 2.53. The predicted octanol–water partition coefficient (Wildman–Crippen LogP) is 4.36. The molecule has 0 aliphatic carbocycles. The summed E-state index contributed by atoms with van der Waals surface area (Å²) in [5, 5.41) is 1.79. The quantitative estimate of drug-likeness (QED) is 0.676. The van der Waals surface area contributed by atoms with Crippen LogP contribution < -0.4 is 4.74 Å². The van der Waals surface area contributed by atoms with E-state index in [1.165, 1.54) is 0 Å². The molecule has 1 amide bonds. The first-order valence-corrected chi connectivity index (χ1v) is 8.22. The molecule has 0 aliphatic heterocycles. The number of halogens is 1. The molecule has 4 nitrogen and oxygen atoms in total. The molecule has 24 heavy (non-hydrogen) atoms. The highest BCUT2D eigenvalue weighted by molar-refractivity contribution is 6.30. The first kappa shape index (κ1) is 16.4. The molecule has 124 valence electrons. The molecule has 0 saturated heterocycles. The molecule has 1 N–H and O–H groups in total. The van der Waals surface area contributed by atoms with E-state index < -0.39 is 0 Å². The molecular weight excluding hydrogens is 324 g/mol. The maximum atomic E-state index is 12.5. The summed E-state index contributed by atoms with van der Waals surface area (Å²) in [6.45, 7) is 1.18. The molecular formula is C19H19ClN2O2. The van der Waals surface area contributed by atoms with E-state index in [1.807, 2.05) is 49.6 Å². The number of rotatable bonds is 6. The lowest BCUT2D eigenvalue weighted by Crippen LogP contribution is -2.28. The van der Waals surface area contributed by atoms with Gasteiger partial charge in [-0.1, -0.05) is 17.7 Å². The minimum atomic E-state index is 0.0120. The van der Waals surface area contributed by atoms with Gasteiger partial charge in [0.25, 0.3) is 5.91 Å². The lowest BCUT2D eigenvalue weighted by molar-refractivity contribution is 0.0788.